The lowest BCUT2D eigenvalue weighted by molar-refractivity contribution is -0.128. The largest absolute Gasteiger partial charge is 0.492 e. The molecule has 0 bridgehead atoms. The van der Waals surface area contributed by atoms with Crippen LogP contribution in [0.4, 0.5) is 5.13 Å². The number of hydrogen-bond acceptors (Lipinski definition) is 5. The van der Waals surface area contributed by atoms with Crippen molar-refractivity contribution >= 4 is 32.6 Å². The number of nitrogens with one attached hydrogen (secondary N) is 1. The molecule has 0 saturated carbocycles. The topological polar surface area (TPSA) is 60.5 Å². The van der Waals surface area contributed by atoms with E-state index in [0.717, 1.165) is 33.5 Å². The molecule has 0 radical (unpaired) electrons. The van der Waals surface area contributed by atoms with Crippen LogP contribution in [0.1, 0.15) is 24.2 Å². The molecule has 128 valence electrons. The predicted octanol–water partition coefficient (Wildman–Crippen LogP) is 3.95. The van der Waals surface area contributed by atoms with Gasteiger partial charge in [-0.3, -0.25) is 10.1 Å². The zero-order valence-corrected chi connectivity index (χ0v) is 14.6. The Balaban J connectivity index is 1.59. The highest BCUT2D eigenvalue weighted by molar-refractivity contribution is 7.22. The summed E-state index contributed by atoms with van der Waals surface area (Å²) >= 11 is 1.43. The number of amides is 1. The summed E-state index contributed by atoms with van der Waals surface area (Å²) in [5, 5.41) is 3.45. The summed E-state index contributed by atoms with van der Waals surface area (Å²) in [4.78, 5) is 17.2. The van der Waals surface area contributed by atoms with E-state index >= 15 is 0 Å². The Morgan fingerprint density at radius 3 is 3.08 bits per heavy atom. The number of thiazole rings is 1. The number of nitrogens with zero attached hydrogens (tertiary/aromatic N) is 1. The first-order valence-electron chi connectivity index (χ1n) is 8.29. The van der Waals surface area contributed by atoms with E-state index < -0.39 is 6.10 Å². The fourth-order valence-corrected chi connectivity index (χ4v) is 3.92. The van der Waals surface area contributed by atoms with Gasteiger partial charge in [0, 0.05) is 0 Å². The van der Waals surface area contributed by atoms with Crippen LogP contribution in [0.15, 0.2) is 42.5 Å². The minimum atomic E-state index is -0.594. The maximum Gasteiger partial charge on any atom is 0.259 e. The van der Waals surface area contributed by atoms with Crippen LogP contribution in [0.3, 0.4) is 0 Å². The van der Waals surface area contributed by atoms with Crippen molar-refractivity contribution in [2.75, 3.05) is 18.5 Å². The number of anilines is 1. The van der Waals surface area contributed by atoms with Crippen LogP contribution >= 0.6 is 11.3 Å². The SMILES string of the molecule is CCOc1cccc2sc(NC(=O)C3OCCc4ccccc43)nc12. The third-order valence-electron chi connectivity index (χ3n) is 4.14. The Hall–Kier alpha value is -2.44. The van der Waals surface area contributed by atoms with Crippen molar-refractivity contribution in [3.05, 3.63) is 53.6 Å². The van der Waals surface area contributed by atoms with Crippen LogP contribution in [0, 0.1) is 0 Å². The molecule has 5 nitrogen and oxygen atoms in total. The summed E-state index contributed by atoms with van der Waals surface area (Å²) in [5.74, 6) is 0.542. The van der Waals surface area contributed by atoms with Gasteiger partial charge in [0.2, 0.25) is 0 Å². The standard InChI is InChI=1S/C19H18N2O3S/c1-2-23-14-8-5-9-15-16(14)20-19(25-15)21-18(22)17-13-7-4-3-6-12(13)10-11-24-17/h3-9,17H,2,10-11H2,1H3,(H,20,21,22). The van der Waals surface area contributed by atoms with Gasteiger partial charge in [0.05, 0.1) is 17.9 Å². The van der Waals surface area contributed by atoms with E-state index in [1.165, 1.54) is 11.3 Å². The first-order chi connectivity index (χ1) is 12.3. The monoisotopic (exact) mass is 354 g/mol. The maximum atomic E-state index is 12.7. The van der Waals surface area contributed by atoms with Gasteiger partial charge < -0.3 is 9.47 Å². The quantitative estimate of drug-likeness (QED) is 0.771. The van der Waals surface area contributed by atoms with Crippen LogP contribution < -0.4 is 10.1 Å². The number of rotatable bonds is 4. The van der Waals surface area contributed by atoms with E-state index in [4.69, 9.17) is 9.47 Å². The summed E-state index contributed by atoms with van der Waals surface area (Å²) in [6, 6.07) is 13.7. The molecule has 1 aliphatic rings. The van der Waals surface area contributed by atoms with Gasteiger partial charge in [-0.05, 0) is 36.6 Å². The van der Waals surface area contributed by atoms with Crippen molar-refractivity contribution in [2.24, 2.45) is 0 Å². The van der Waals surface area contributed by atoms with Crippen molar-refractivity contribution in [1.82, 2.24) is 4.98 Å². The normalized spacial score (nSPS) is 16.4. The molecule has 0 aliphatic carbocycles. The van der Waals surface area contributed by atoms with Crippen LogP contribution in [0.25, 0.3) is 10.2 Å². The fourth-order valence-electron chi connectivity index (χ4n) is 3.03. The van der Waals surface area contributed by atoms with Gasteiger partial charge in [0.1, 0.15) is 11.3 Å². The van der Waals surface area contributed by atoms with Crippen LogP contribution in [0.5, 0.6) is 5.75 Å². The minimum absolute atomic E-state index is 0.191. The number of benzene rings is 2. The Bertz CT molecular complexity index is 922. The summed E-state index contributed by atoms with van der Waals surface area (Å²) < 4.78 is 12.3. The first kappa shape index (κ1) is 16.1. The van der Waals surface area contributed by atoms with Gasteiger partial charge in [0.25, 0.3) is 5.91 Å². The second kappa shape index (κ2) is 6.82. The van der Waals surface area contributed by atoms with E-state index in [9.17, 15) is 4.79 Å². The van der Waals surface area contributed by atoms with Crippen molar-refractivity contribution in [3.8, 4) is 5.75 Å². The number of ether oxygens (including phenoxy) is 2. The molecule has 0 fully saturated rings. The maximum absolute atomic E-state index is 12.7. The Labute approximate surface area is 149 Å². The summed E-state index contributed by atoms with van der Waals surface area (Å²) in [7, 11) is 0. The number of carbonyl (C=O) groups is 1. The predicted molar refractivity (Wildman–Crippen MR) is 98.3 cm³/mol. The van der Waals surface area contributed by atoms with Gasteiger partial charge in [-0.2, -0.15) is 0 Å². The molecular formula is C19H18N2O3S. The average molecular weight is 354 g/mol. The molecule has 1 amide bonds. The zero-order chi connectivity index (χ0) is 17.2. The summed E-state index contributed by atoms with van der Waals surface area (Å²) in [5.41, 5.74) is 2.87. The Morgan fingerprint density at radius 2 is 2.20 bits per heavy atom. The van der Waals surface area contributed by atoms with Gasteiger partial charge in [0.15, 0.2) is 11.2 Å². The summed E-state index contributed by atoms with van der Waals surface area (Å²) in [6.45, 7) is 3.06. The zero-order valence-electron chi connectivity index (χ0n) is 13.8. The molecule has 4 rings (SSSR count). The molecule has 0 spiro atoms. The lowest BCUT2D eigenvalue weighted by atomic mass is 9.97. The van der Waals surface area contributed by atoms with Gasteiger partial charge in [-0.15, -0.1) is 0 Å². The Morgan fingerprint density at radius 1 is 1.32 bits per heavy atom. The minimum Gasteiger partial charge on any atom is -0.492 e. The Kier molecular flexibility index (Phi) is 4.38. The number of fused-ring (bicyclic) bond motifs is 2. The first-order valence-corrected chi connectivity index (χ1v) is 9.10. The fraction of sp³-hybridized carbons (Fsp3) is 0.263. The lowest BCUT2D eigenvalue weighted by Crippen LogP contribution is -2.28. The molecule has 1 unspecified atom stereocenters. The van der Waals surface area contributed by atoms with E-state index in [0.29, 0.717) is 18.3 Å². The highest BCUT2D eigenvalue weighted by Gasteiger charge is 2.28. The number of para-hydroxylation sites is 1. The third kappa shape index (κ3) is 3.10. The average Bonchev–Trinajstić information content (AvgIpc) is 3.05. The number of carbonyl (C=O) groups excluding carboxylic acids is 1. The molecule has 1 N–H and O–H groups in total. The molecule has 1 aromatic heterocycles. The molecule has 6 heteroatoms. The molecule has 25 heavy (non-hydrogen) atoms. The number of aromatic nitrogens is 1. The van der Waals surface area contributed by atoms with Gasteiger partial charge in [-0.1, -0.05) is 41.7 Å². The molecule has 1 atom stereocenters. The molecule has 0 saturated heterocycles. The third-order valence-corrected chi connectivity index (χ3v) is 5.08. The lowest BCUT2D eigenvalue weighted by Gasteiger charge is -2.24. The van der Waals surface area contributed by atoms with Crippen molar-refractivity contribution in [1.29, 1.82) is 0 Å². The summed E-state index contributed by atoms with van der Waals surface area (Å²) in [6.07, 6.45) is 0.238. The van der Waals surface area contributed by atoms with E-state index in [1.807, 2.05) is 49.4 Å². The van der Waals surface area contributed by atoms with E-state index in [-0.39, 0.29) is 5.91 Å². The smallest absolute Gasteiger partial charge is 0.259 e. The van der Waals surface area contributed by atoms with Crippen molar-refractivity contribution < 1.29 is 14.3 Å². The van der Waals surface area contributed by atoms with Crippen LogP contribution in [-0.2, 0) is 16.0 Å². The van der Waals surface area contributed by atoms with Crippen LogP contribution in [0.2, 0.25) is 0 Å². The van der Waals surface area contributed by atoms with Crippen molar-refractivity contribution in [2.45, 2.75) is 19.4 Å². The molecule has 1 aliphatic heterocycles. The second-order valence-corrected chi connectivity index (χ2v) is 6.77. The van der Waals surface area contributed by atoms with Crippen molar-refractivity contribution in [3.63, 3.8) is 0 Å². The van der Waals surface area contributed by atoms with E-state index in [2.05, 4.69) is 10.3 Å². The highest BCUT2D eigenvalue weighted by Crippen LogP contribution is 2.34. The number of hydrogen-bond donors (Lipinski definition) is 1. The van der Waals surface area contributed by atoms with Gasteiger partial charge in [-0.25, -0.2) is 4.98 Å². The molecule has 2 aromatic carbocycles. The molecular weight excluding hydrogens is 336 g/mol. The van der Waals surface area contributed by atoms with Crippen LogP contribution in [-0.4, -0.2) is 24.1 Å². The molecule has 3 aromatic rings. The van der Waals surface area contributed by atoms with Gasteiger partial charge >= 0.3 is 0 Å². The molecule has 2 heterocycles. The van der Waals surface area contributed by atoms with E-state index in [1.54, 1.807) is 0 Å². The second-order valence-electron chi connectivity index (χ2n) is 5.74. The highest BCUT2D eigenvalue weighted by atomic mass is 32.1.